The van der Waals surface area contributed by atoms with Crippen molar-refractivity contribution < 1.29 is 136 Å². The molecular formula is C58H93N4O28P. The van der Waals surface area contributed by atoms with E-state index >= 15 is 0 Å². The number of phosphoric ester groups is 1. The Morgan fingerprint density at radius 2 is 1.31 bits per heavy atom. The summed E-state index contributed by atoms with van der Waals surface area (Å²) < 4.78 is 75.3. The smallest absolute Gasteiger partial charge is 0.474 e. The number of aliphatic hydroxyl groups is 7. The number of carboxylic acid groups (broad SMARTS) is 2. The largest absolute Gasteiger partial charge is 0.479 e. The molecule has 91 heavy (non-hydrogen) atoms. The Balaban J connectivity index is 1.51. The summed E-state index contributed by atoms with van der Waals surface area (Å²) >= 11 is 0. The summed E-state index contributed by atoms with van der Waals surface area (Å²) in [7, 11) is -5.71. The lowest BCUT2D eigenvalue weighted by atomic mass is 9.85. The first-order valence-corrected chi connectivity index (χ1v) is 30.9. The van der Waals surface area contributed by atoms with E-state index in [0.29, 0.717) is 12.8 Å². The fourth-order valence-corrected chi connectivity index (χ4v) is 11.1. The number of carbonyl (C=O) groups is 6. The molecule has 0 radical (unpaired) electrons. The Labute approximate surface area is 527 Å². The Kier molecular flexibility index (Phi) is 30.0. The van der Waals surface area contributed by atoms with E-state index < -0.39 is 185 Å². The van der Waals surface area contributed by atoms with Crippen LogP contribution in [0.1, 0.15) is 114 Å². The molecule has 0 aromatic heterocycles. The Morgan fingerprint density at radius 3 is 1.87 bits per heavy atom. The summed E-state index contributed by atoms with van der Waals surface area (Å²) in [5.41, 5.74) is 12.6. The Bertz CT molecular complexity index is 2670. The zero-order valence-electron chi connectivity index (χ0n) is 52.6. The average molecular weight is 1330 g/mol. The molecule has 0 bridgehead atoms. The molecule has 32 nitrogen and oxygen atoms in total. The second-order valence-electron chi connectivity index (χ2n) is 24.1. The summed E-state index contributed by atoms with van der Waals surface area (Å²) in [6.45, 7) is 18.1. The highest BCUT2D eigenvalue weighted by Gasteiger charge is 2.62. The van der Waals surface area contributed by atoms with Crippen molar-refractivity contribution in [3.05, 3.63) is 59.3 Å². The highest BCUT2D eigenvalue weighted by atomic mass is 31.2. The number of hydrogen-bond acceptors (Lipinski definition) is 25. The minimum atomic E-state index is -5.71. The molecule has 0 aromatic carbocycles. The molecule has 22 atom stereocenters. The van der Waals surface area contributed by atoms with Crippen LogP contribution in [0.5, 0.6) is 0 Å². The summed E-state index contributed by atoms with van der Waals surface area (Å²) in [6.07, 6.45) is -22.5. The van der Waals surface area contributed by atoms with Crippen LogP contribution in [-0.2, 0) is 80.2 Å². The number of aliphatic hydroxyl groups excluding tert-OH is 6. The fraction of sp³-hybridized carbons (Fsp3) is 0.724. The quantitative estimate of drug-likeness (QED) is 0.0303. The number of rotatable bonds is 33. The third kappa shape index (κ3) is 23.1. The zero-order valence-corrected chi connectivity index (χ0v) is 53.5. The molecule has 4 fully saturated rings. The minimum absolute atomic E-state index is 0.112. The number of carbonyl (C=O) groups excluding carboxylic acids is 4. The fourth-order valence-electron chi connectivity index (χ4n) is 10.3. The van der Waals surface area contributed by atoms with Gasteiger partial charge in [-0.3, -0.25) is 23.4 Å². The van der Waals surface area contributed by atoms with Crippen LogP contribution in [0.4, 0.5) is 4.79 Å². The maximum Gasteiger partial charge on any atom is 0.474 e. The van der Waals surface area contributed by atoms with Crippen LogP contribution < -0.4 is 22.1 Å². The standard InChI is InChI=1S/C58H93N4O28P/c1-27(2)15-14-17-28(3)18-19-30(5)20-23-57(9,10)22-13-12-16-29(4)21-24-80-35(50(72)73)26-81-91(78,79)90-55-46(47(89-56(60)76)58(11,77)48(88-55)49(59)71)87-53-37(62-33(8)65)39(67)44(34(25-63)83-53)85-52-36(61-32(7)64)38(66)43(31(6)82-52)84-54-42(70)40(68)41(69)45(86-54)51(74)75/h13,15,18,21-22,31,34-48,52-55,63,66-70,77H,5,12,14,16-17,19-20,23-26H2,1-4,6-11H3,(H2,59,71)(H2,60,76)(H,61,64)(H,62,65)(H,72,73)(H,74,75)(H,78,79)/b22-13+,28-18+,29-21+/t31-,34-,35?,36-,37-,38-,39+,40-,41+,42+,43-,44-,45-,46-,47-,48-,52+,53+,54+,55-,58+/m1/s1. The molecule has 0 aliphatic carbocycles. The number of aliphatic carboxylic acids is 2. The molecule has 4 aliphatic heterocycles. The molecule has 4 aliphatic rings. The van der Waals surface area contributed by atoms with Gasteiger partial charge < -0.3 is 116 Å². The van der Waals surface area contributed by atoms with Crippen LogP contribution in [0.15, 0.2) is 59.3 Å². The first kappa shape index (κ1) is 78.3. The molecule has 4 heterocycles. The second-order valence-corrected chi connectivity index (χ2v) is 25.5. The van der Waals surface area contributed by atoms with Gasteiger partial charge in [-0.2, -0.15) is 0 Å². The number of phosphoric acid groups is 1. The van der Waals surface area contributed by atoms with Gasteiger partial charge in [-0.1, -0.05) is 73.1 Å². The van der Waals surface area contributed by atoms with Gasteiger partial charge in [-0.25, -0.2) is 18.9 Å². The lowest BCUT2D eigenvalue weighted by Crippen LogP contribution is -2.72. The van der Waals surface area contributed by atoms with Crippen molar-refractivity contribution in [1.82, 2.24) is 10.6 Å². The van der Waals surface area contributed by atoms with Crippen molar-refractivity contribution in [2.24, 2.45) is 16.9 Å². The molecule has 4 rings (SSSR count). The van der Waals surface area contributed by atoms with E-state index in [1.54, 1.807) is 13.0 Å². The highest BCUT2D eigenvalue weighted by Crippen LogP contribution is 2.49. The summed E-state index contributed by atoms with van der Waals surface area (Å²) in [5, 5.41) is 102. The number of hydrogen-bond donors (Lipinski definition) is 14. The van der Waals surface area contributed by atoms with E-state index in [-0.39, 0.29) is 12.0 Å². The molecule has 33 heteroatoms. The number of nitrogens with one attached hydrogen (secondary N) is 2. The molecule has 0 aromatic rings. The maximum absolute atomic E-state index is 13.8. The monoisotopic (exact) mass is 1320 g/mol. The van der Waals surface area contributed by atoms with Gasteiger partial charge in [0, 0.05) is 13.8 Å². The first-order valence-electron chi connectivity index (χ1n) is 29.4. The summed E-state index contributed by atoms with van der Waals surface area (Å²) in [5.74, 6) is -6.65. The van der Waals surface area contributed by atoms with Crippen molar-refractivity contribution in [1.29, 1.82) is 0 Å². The normalized spacial score (nSPS) is 34.3. The van der Waals surface area contributed by atoms with E-state index in [2.05, 4.69) is 76.1 Å². The lowest BCUT2D eigenvalue weighted by molar-refractivity contribution is -0.370. The summed E-state index contributed by atoms with van der Waals surface area (Å²) in [4.78, 5) is 86.0. The number of amides is 4. The van der Waals surface area contributed by atoms with Crippen LogP contribution >= 0.6 is 7.82 Å². The SMILES string of the molecule is C=C(C/C=C(\C)CCC=C(C)C)CCC(C)(C)/C=C/CC/C(C)=C/COC(COP(=O)(O)O[C@H]1O[C@H](C(N)=O)[C@@](C)(O)[C@H](OC(N)=O)[C@H]1O[C@@H]1O[C@H](CO)[C@@H](O[C@@H]2O[C@H](C)[C@@H](O[C@H]3O[C@@H](C(=O)O)[C@@H](O)[C@@H](O)[C@@H]3O)[C@H](O)[C@H]2NC(C)=O)[C@@H](O)[C@H]1NC(C)=O)C(=O)O. The Morgan fingerprint density at radius 1 is 0.736 bits per heavy atom. The second kappa shape index (κ2) is 34.8. The van der Waals surface area contributed by atoms with E-state index in [4.69, 9.17) is 63.1 Å². The molecule has 0 saturated carbocycles. The van der Waals surface area contributed by atoms with Gasteiger partial charge in [0.25, 0.3) is 0 Å². The average Bonchev–Trinajstić information content (AvgIpc) is 0.764. The molecule has 4 amide bonds. The van der Waals surface area contributed by atoms with Gasteiger partial charge in [0.1, 0.15) is 66.5 Å². The maximum atomic E-state index is 13.8. The molecule has 16 N–H and O–H groups in total. The molecule has 4 saturated heterocycles. The molecule has 2 unspecified atom stereocenters. The van der Waals surface area contributed by atoms with Gasteiger partial charge in [-0.15, -0.1) is 0 Å². The van der Waals surface area contributed by atoms with Crippen LogP contribution in [0.25, 0.3) is 0 Å². The van der Waals surface area contributed by atoms with Crippen molar-refractivity contribution in [3.8, 4) is 0 Å². The lowest BCUT2D eigenvalue weighted by Gasteiger charge is -2.51. The van der Waals surface area contributed by atoms with Gasteiger partial charge in [-0.05, 0) is 91.9 Å². The predicted molar refractivity (Wildman–Crippen MR) is 315 cm³/mol. The van der Waals surface area contributed by atoms with E-state index in [0.717, 1.165) is 64.0 Å². The van der Waals surface area contributed by atoms with E-state index in [1.807, 2.05) is 0 Å². The van der Waals surface area contributed by atoms with E-state index in [9.17, 15) is 84.2 Å². The van der Waals surface area contributed by atoms with Crippen LogP contribution in [0.3, 0.4) is 0 Å². The van der Waals surface area contributed by atoms with Crippen LogP contribution in [0.2, 0.25) is 0 Å². The van der Waals surface area contributed by atoms with Crippen molar-refractivity contribution >= 4 is 43.6 Å². The number of nitrogens with two attached hydrogens (primary N) is 2. The van der Waals surface area contributed by atoms with Gasteiger partial charge >= 0.3 is 25.9 Å². The number of ether oxygens (including phenoxy) is 9. The topological polar surface area (TPSA) is 499 Å². The van der Waals surface area contributed by atoms with Crippen LogP contribution in [-0.4, -0.2) is 235 Å². The summed E-state index contributed by atoms with van der Waals surface area (Å²) in [6, 6.07) is -3.66. The molecule has 518 valence electrons. The first-order chi connectivity index (χ1) is 42.3. The molecule has 0 spiro atoms. The molecular weight excluding hydrogens is 1230 g/mol. The third-order valence-electron chi connectivity index (χ3n) is 15.4. The van der Waals surface area contributed by atoms with Crippen molar-refractivity contribution in [2.45, 2.75) is 242 Å². The third-order valence-corrected chi connectivity index (χ3v) is 16.3. The number of allylic oxidation sites excluding steroid dienone is 8. The van der Waals surface area contributed by atoms with Crippen molar-refractivity contribution in [3.63, 3.8) is 0 Å². The zero-order chi connectivity index (χ0) is 68.6. The minimum Gasteiger partial charge on any atom is -0.479 e. The predicted octanol–water partition coefficient (Wildman–Crippen LogP) is -0.0160. The van der Waals surface area contributed by atoms with Gasteiger partial charge in [0.2, 0.25) is 17.7 Å². The highest BCUT2D eigenvalue weighted by molar-refractivity contribution is 7.47. The van der Waals surface area contributed by atoms with Gasteiger partial charge in [0.15, 0.2) is 55.7 Å². The van der Waals surface area contributed by atoms with Gasteiger partial charge in [0.05, 0.1) is 25.9 Å². The number of carboxylic acids is 2. The Hall–Kier alpha value is -5.17. The van der Waals surface area contributed by atoms with Crippen molar-refractivity contribution in [2.75, 3.05) is 19.8 Å². The van der Waals surface area contributed by atoms with Crippen LogP contribution in [0, 0.1) is 5.41 Å². The number of primary amides is 2. The van der Waals surface area contributed by atoms with E-state index in [1.165, 1.54) is 18.1 Å².